The van der Waals surface area contributed by atoms with Crippen LogP contribution in [0.1, 0.15) is 58.8 Å². The maximum absolute atomic E-state index is 12.0. The highest BCUT2D eigenvalue weighted by Crippen LogP contribution is 2.38. The van der Waals surface area contributed by atoms with E-state index in [-0.39, 0.29) is 24.8 Å². The van der Waals surface area contributed by atoms with Crippen molar-refractivity contribution in [3.8, 4) is 0 Å². The number of carboxylic acid groups (broad SMARTS) is 1. The van der Waals surface area contributed by atoms with Crippen LogP contribution >= 0.6 is 0 Å². The third kappa shape index (κ3) is 4.78. The van der Waals surface area contributed by atoms with E-state index in [1.54, 1.807) is 0 Å². The van der Waals surface area contributed by atoms with E-state index in [2.05, 4.69) is 5.32 Å². The van der Waals surface area contributed by atoms with Crippen LogP contribution in [0.25, 0.3) is 0 Å². The minimum Gasteiger partial charge on any atom is -0.481 e. The van der Waals surface area contributed by atoms with Crippen LogP contribution in [0, 0.1) is 11.3 Å². The summed E-state index contributed by atoms with van der Waals surface area (Å²) in [5.74, 6) is -1.06. The van der Waals surface area contributed by atoms with Gasteiger partial charge in [-0.05, 0) is 18.8 Å². The van der Waals surface area contributed by atoms with Crippen LogP contribution in [-0.2, 0) is 9.59 Å². The van der Waals surface area contributed by atoms with Gasteiger partial charge in [0, 0.05) is 13.0 Å². The molecule has 20 heavy (non-hydrogen) atoms. The first-order valence-electron chi connectivity index (χ1n) is 7.55. The van der Waals surface area contributed by atoms with Gasteiger partial charge in [-0.1, -0.05) is 39.5 Å². The van der Waals surface area contributed by atoms with E-state index in [1.807, 2.05) is 13.8 Å². The lowest BCUT2D eigenvalue weighted by atomic mass is 9.77. The van der Waals surface area contributed by atoms with Crippen molar-refractivity contribution in [2.45, 2.75) is 64.9 Å². The van der Waals surface area contributed by atoms with E-state index in [4.69, 9.17) is 0 Å². The Morgan fingerprint density at radius 3 is 2.15 bits per heavy atom. The summed E-state index contributed by atoms with van der Waals surface area (Å²) in [6.45, 7) is 3.94. The Kier molecular flexibility index (Phi) is 6.46. The largest absolute Gasteiger partial charge is 0.481 e. The second-order valence-electron chi connectivity index (χ2n) is 6.29. The Hall–Kier alpha value is -1.10. The monoisotopic (exact) mass is 285 g/mol. The van der Waals surface area contributed by atoms with Crippen LogP contribution in [0.5, 0.6) is 0 Å². The fraction of sp³-hybridized carbons (Fsp3) is 0.867. The predicted molar refractivity (Wildman–Crippen MR) is 76.2 cm³/mol. The molecule has 0 aliphatic heterocycles. The summed E-state index contributed by atoms with van der Waals surface area (Å²) in [7, 11) is 0. The second-order valence-corrected chi connectivity index (χ2v) is 6.29. The molecule has 1 unspecified atom stereocenters. The maximum atomic E-state index is 12.0. The van der Waals surface area contributed by atoms with Crippen LogP contribution in [0.4, 0.5) is 0 Å². The first-order chi connectivity index (χ1) is 9.37. The van der Waals surface area contributed by atoms with Gasteiger partial charge in [0.2, 0.25) is 5.91 Å². The zero-order valence-electron chi connectivity index (χ0n) is 12.5. The van der Waals surface area contributed by atoms with Crippen molar-refractivity contribution in [3.05, 3.63) is 0 Å². The SMILES string of the molecule is CC(C)C(O)CNC(=O)CC1(C(=O)O)CCCCCC1. The van der Waals surface area contributed by atoms with E-state index in [1.165, 1.54) is 0 Å². The molecular weight excluding hydrogens is 258 g/mol. The van der Waals surface area contributed by atoms with E-state index in [0.29, 0.717) is 12.8 Å². The maximum Gasteiger partial charge on any atom is 0.310 e. The molecule has 0 heterocycles. The molecule has 0 spiro atoms. The Balaban J connectivity index is 2.57. The highest BCUT2D eigenvalue weighted by molar-refractivity contribution is 5.85. The molecule has 0 aromatic heterocycles. The normalized spacial score (nSPS) is 20.2. The number of carbonyl (C=O) groups excluding carboxylic acids is 1. The molecule has 1 aliphatic rings. The Morgan fingerprint density at radius 2 is 1.70 bits per heavy atom. The van der Waals surface area contributed by atoms with Crippen LogP contribution in [-0.4, -0.2) is 34.7 Å². The van der Waals surface area contributed by atoms with Gasteiger partial charge in [-0.15, -0.1) is 0 Å². The molecule has 0 bridgehead atoms. The highest BCUT2D eigenvalue weighted by atomic mass is 16.4. The third-order valence-corrected chi connectivity index (χ3v) is 4.29. The molecule has 0 saturated heterocycles. The van der Waals surface area contributed by atoms with E-state index >= 15 is 0 Å². The van der Waals surface area contributed by atoms with Crippen LogP contribution in [0.2, 0.25) is 0 Å². The second kappa shape index (κ2) is 7.62. The minimum atomic E-state index is -0.913. The number of rotatable bonds is 6. The molecule has 3 N–H and O–H groups in total. The van der Waals surface area contributed by atoms with Gasteiger partial charge in [0.1, 0.15) is 0 Å². The van der Waals surface area contributed by atoms with Gasteiger partial charge in [-0.25, -0.2) is 0 Å². The van der Waals surface area contributed by atoms with Crippen molar-refractivity contribution in [3.63, 3.8) is 0 Å². The average Bonchev–Trinajstić information content (AvgIpc) is 2.62. The molecule has 0 radical (unpaired) electrons. The lowest BCUT2D eigenvalue weighted by molar-refractivity contribution is -0.153. The van der Waals surface area contributed by atoms with Gasteiger partial charge in [-0.3, -0.25) is 9.59 Å². The molecule has 5 nitrogen and oxygen atoms in total. The highest BCUT2D eigenvalue weighted by Gasteiger charge is 2.40. The van der Waals surface area contributed by atoms with Crippen molar-refractivity contribution in [2.24, 2.45) is 11.3 Å². The zero-order valence-corrected chi connectivity index (χ0v) is 12.5. The topological polar surface area (TPSA) is 86.6 Å². The van der Waals surface area contributed by atoms with Crippen molar-refractivity contribution in [1.29, 1.82) is 0 Å². The molecular formula is C15H27NO4. The van der Waals surface area contributed by atoms with E-state index in [9.17, 15) is 19.8 Å². The molecule has 1 rings (SSSR count). The molecule has 0 aromatic carbocycles. The number of carbonyl (C=O) groups is 2. The summed E-state index contributed by atoms with van der Waals surface area (Å²) in [5, 5.41) is 21.8. The van der Waals surface area contributed by atoms with Gasteiger partial charge in [0.15, 0.2) is 0 Å². The fourth-order valence-corrected chi connectivity index (χ4v) is 2.70. The molecule has 116 valence electrons. The smallest absolute Gasteiger partial charge is 0.310 e. The van der Waals surface area contributed by atoms with Crippen molar-refractivity contribution >= 4 is 11.9 Å². The van der Waals surface area contributed by atoms with Crippen LogP contribution < -0.4 is 5.32 Å². The number of hydrogen-bond donors (Lipinski definition) is 3. The lowest BCUT2D eigenvalue weighted by Crippen LogP contribution is -2.40. The summed E-state index contributed by atoms with van der Waals surface area (Å²) in [5.41, 5.74) is -0.913. The molecule has 5 heteroatoms. The lowest BCUT2D eigenvalue weighted by Gasteiger charge is -2.27. The number of aliphatic hydroxyl groups is 1. The molecule has 0 aromatic rings. The number of amides is 1. The number of aliphatic carboxylic acids is 1. The molecule has 1 atom stereocenters. The summed E-state index contributed by atoms with van der Waals surface area (Å²) >= 11 is 0. The predicted octanol–water partition coefficient (Wildman–Crippen LogP) is 1.93. The molecule has 1 saturated carbocycles. The molecule has 1 aliphatic carbocycles. The first kappa shape index (κ1) is 17.0. The standard InChI is InChI=1S/C15H27NO4/c1-11(2)12(17)10-16-13(18)9-15(14(19)20)7-5-3-4-6-8-15/h11-12,17H,3-10H2,1-2H3,(H,16,18)(H,19,20). The van der Waals surface area contributed by atoms with Crippen LogP contribution in [0.3, 0.4) is 0 Å². The van der Waals surface area contributed by atoms with Crippen molar-refractivity contribution in [2.75, 3.05) is 6.54 Å². The van der Waals surface area contributed by atoms with E-state index < -0.39 is 17.5 Å². The Bertz CT molecular complexity index is 333. The number of nitrogens with one attached hydrogen (secondary N) is 1. The Labute approximate surface area is 120 Å². The summed E-state index contributed by atoms with van der Waals surface area (Å²) < 4.78 is 0. The Morgan fingerprint density at radius 1 is 1.15 bits per heavy atom. The molecule has 1 amide bonds. The summed E-state index contributed by atoms with van der Waals surface area (Å²) in [6.07, 6.45) is 4.40. The van der Waals surface area contributed by atoms with Crippen molar-refractivity contribution in [1.82, 2.24) is 5.32 Å². The molecule has 1 fully saturated rings. The number of hydrogen-bond acceptors (Lipinski definition) is 3. The van der Waals surface area contributed by atoms with E-state index in [0.717, 1.165) is 25.7 Å². The van der Waals surface area contributed by atoms with Crippen LogP contribution in [0.15, 0.2) is 0 Å². The fourth-order valence-electron chi connectivity index (χ4n) is 2.70. The zero-order chi connectivity index (χ0) is 15.2. The number of carboxylic acids is 1. The van der Waals surface area contributed by atoms with Crippen molar-refractivity contribution < 1.29 is 19.8 Å². The average molecular weight is 285 g/mol. The van der Waals surface area contributed by atoms with Gasteiger partial charge in [0.05, 0.1) is 11.5 Å². The van der Waals surface area contributed by atoms with Gasteiger partial charge >= 0.3 is 5.97 Å². The minimum absolute atomic E-state index is 0.0210. The van der Waals surface area contributed by atoms with Gasteiger partial charge < -0.3 is 15.5 Å². The van der Waals surface area contributed by atoms with Gasteiger partial charge in [-0.2, -0.15) is 0 Å². The first-order valence-corrected chi connectivity index (χ1v) is 7.55. The summed E-state index contributed by atoms with van der Waals surface area (Å²) in [4.78, 5) is 23.6. The quantitative estimate of drug-likeness (QED) is 0.651. The number of aliphatic hydroxyl groups excluding tert-OH is 1. The third-order valence-electron chi connectivity index (χ3n) is 4.29. The summed E-state index contributed by atoms with van der Waals surface area (Å²) in [6, 6.07) is 0. The van der Waals surface area contributed by atoms with Gasteiger partial charge in [0.25, 0.3) is 0 Å².